The van der Waals surface area contributed by atoms with Gasteiger partial charge in [-0.15, -0.1) is 0 Å². The summed E-state index contributed by atoms with van der Waals surface area (Å²) < 4.78 is 56.3. The van der Waals surface area contributed by atoms with Crippen molar-refractivity contribution >= 4 is 43.7 Å². The van der Waals surface area contributed by atoms with Crippen LogP contribution < -0.4 is 20.1 Å². The fourth-order valence-electron chi connectivity index (χ4n) is 4.98. The summed E-state index contributed by atoms with van der Waals surface area (Å²) in [5.74, 6) is -2.01. The van der Waals surface area contributed by atoms with Crippen molar-refractivity contribution in [3.8, 4) is 0 Å². The number of sulfonamides is 2. The van der Waals surface area contributed by atoms with Crippen LogP contribution in [-0.2, 0) is 39.6 Å². The molecule has 4 N–H and O–H groups in total. The van der Waals surface area contributed by atoms with Crippen LogP contribution in [0.5, 0.6) is 0 Å². The van der Waals surface area contributed by atoms with Crippen LogP contribution >= 0.6 is 0 Å². The summed E-state index contributed by atoms with van der Waals surface area (Å²) >= 11 is 0. The average Bonchev–Trinajstić information content (AvgIpc) is 3.47. The maximum absolute atomic E-state index is 12.8. The Balaban J connectivity index is 1.05. The monoisotopic (exact) mass is 644 g/mol. The van der Waals surface area contributed by atoms with E-state index in [4.69, 9.17) is 0 Å². The standard InChI is InChI=1S/C31H24N4O8S2/c36-28-24-11-5-20(14-26(24)30(38)34-28)16-32-44(40,41)22-7-1-18(2-8-22)13-19-3-9-23(10-4-19)45(42,43)33-17-21-6-12-25-27(15-21)31(39)35-29(25)37/h1-12,14-15,32-33H,13,16-17H2,(H,34,36,38)(H,35,37,39). The first kappa shape index (κ1) is 30.0. The molecule has 4 aromatic carbocycles. The van der Waals surface area contributed by atoms with Crippen LogP contribution in [0.15, 0.2) is 94.7 Å². The van der Waals surface area contributed by atoms with E-state index in [1.165, 1.54) is 48.5 Å². The number of imide groups is 2. The van der Waals surface area contributed by atoms with Gasteiger partial charge in [0.15, 0.2) is 0 Å². The SMILES string of the molecule is O=C1NC(=O)c2cc(CNS(=O)(=O)c3ccc(Cc4ccc(S(=O)(=O)NCc5ccc6c(c5)C(=O)NC6=O)cc4)cc3)ccc21. The van der Waals surface area contributed by atoms with E-state index in [0.29, 0.717) is 17.5 Å². The molecule has 0 aromatic heterocycles. The van der Waals surface area contributed by atoms with Gasteiger partial charge >= 0.3 is 0 Å². The molecule has 2 aliphatic rings. The zero-order valence-electron chi connectivity index (χ0n) is 23.3. The summed E-state index contributed by atoms with van der Waals surface area (Å²) in [5.41, 5.74) is 3.55. The van der Waals surface area contributed by atoms with Crippen LogP contribution in [0.4, 0.5) is 0 Å². The molecule has 0 radical (unpaired) electrons. The molecule has 12 nitrogen and oxygen atoms in total. The number of rotatable bonds is 10. The van der Waals surface area contributed by atoms with Gasteiger partial charge in [-0.25, -0.2) is 26.3 Å². The molecule has 4 amide bonds. The number of hydrogen-bond acceptors (Lipinski definition) is 8. The summed E-state index contributed by atoms with van der Waals surface area (Å²) in [5, 5.41) is 4.39. The highest BCUT2D eigenvalue weighted by molar-refractivity contribution is 7.89. The van der Waals surface area contributed by atoms with Crippen LogP contribution in [0.25, 0.3) is 0 Å². The molecule has 0 aliphatic carbocycles. The van der Waals surface area contributed by atoms with Crippen LogP contribution in [0.3, 0.4) is 0 Å². The molecule has 0 unspecified atom stereocenters. The van der Waals surface area contributed by atoms with Crippen LogP contribution in [-0.4, -0.2) is 40.5 Å². The maximum Gasteiger partial charge on any atom is 0.258 e. The molecule has 0 saturated carbocycles. The van der Waals surface area contributed by atoms with Gasteiger partial charge in [0, 0.05) is 13.1 Å². The first-order valence-corrected chi connectivity index (χ1v) is 16.5. The predicted molar refractivity (Wildman–Crippen MR) is 160 cm³/mol. The van der Waals surface area contributed by atoms with Gasteiger partial charge in [-0.3, -0.25) is 29.8 Å². The van der Waals surface area contributed by atoms with Crippen molar-refractivity contribution in [2.24, 2.45) is 0 Å². The number of nitrogens with one attached hydrogen (secondary N) is 4. The van der Waals surface area contributed by atoms with Gasteiger partial charge in [-0.05, 0) is 77.2 Å². The molecular formula is C31H24N4O8S2. The summed E-state index contributed by atoms with van der Waals surface area (Å²) in [6.45, 7) is -0.150. The molecule has 14 heteroatoms. The third kappa shape index (κ3) is 6.17. The number of hydrogen-bond donors (Lipinski definition) is 4. The molecule has 4 aromatic rings. The van der Waals surface area contributed by atoms with Crippen LogP contribution in [0, 0.1) is 0 Å². The van der Waals surface area contributed by atoms with E-state index in [1.807, 2.05) is 0 Å². The number of carbonyl (C=O) groups excluding carboxylic acids is 4. The van der Waals surface area contributed by atoms with Gasteiger partial charge in [0.1, 0.15) is 0 Å². The number of carbonyl (C=O) groups is 4. The fourth-order valence-corrected chi connectivity index (χ4v) is 7.02. The van der Waals surface area contributed by atoms with Gasteiger partial charge in [0.2, 0.25) is 20.0 Å². The Kier molecular flexibility index (Phi) is 7.66. The van der Waals surface area contributed by atoms with Gasteiger partial charge in [-0.2, -0.15) is 0 Å². The molecule has 45 heavy (non-hydrogen) atoms. The van der Waals surface area contributed by atoms with E-state index in [0.717, 1.165) is 11.1 Å². The Morgan fingerprint density at radius 2 is 0.778 bits per heavy atom. The molecule has 0 atom stereocenters. The lowest BCUT2D eigenvalue weighted by Gasteiger charge is -2.10. The van der Waals surface area contributed by atoms with Crippen LogP contribution in [0.2, 0.25) is 0 Å². The Morgan fingerprint density at radius 3 is 1.16 bits per heavy atom. The van der Waals surface area contributed by atoms with Crippen molar-refractivity contribution in [2.75, 3.05) is 0 Å². The minimum atomic E-state index is -3.87. The third-order valence-electron chi connectivity index (χ3n) is 7.41. The number of benzene rings is 4. The Hall–Kier alpha value is -5.02. The molecule has 2 heterocycles. The fraction of sp³-hybridized carbons (Fsp3) is 0.0968. The van der Waals surface area contributed by atoms with Crippen molar-refractivity contribution in [1.82, 2.24) is 20.1 Å². The lowest BCUT2D eigenvalue weighted by atomic mass is 10.1. The van der Waals surface area contributed by atoms with Crippen molar-refractivity contribution in [2.45, 2.75) is 29.3 Å². The Labute approximate surface area is 258 Å². The average molecular weight is 645 g/mol. The quantitative estimate of drug-likeness (QED) is 0.189. The second kappa shape index (κ2) is 11.5. The predicted octanol–water partition coefficient (Wildman–Crippen LogP) is 2.00. The normalized spacial score (nSPS) is 14.2. The molecule has 0 saturated heterocycles. The smallest absolute Gasteiger partial charge is 0.258 e. The van der Waals surface area contributed by atoms with E-state index >= 15 is 0 Å². The van der Waals surface area contributed by atoms with E-state index < -0.39 is 43.7 Å². The number of fused-ring (bicyclic) bond motifs is 2. The number of amides is 4. The van der Waals surface area contributed by atoms with Gasteiger partial charge in [0.05, 0.1) is 32.0 Å². The highest BCUT2D eigenvalue weighted by atomic mass is 32.2. The Bertz CT molecular complexity index is 1970. The molecule has 2 aliphatic heterocycles. The van der Waals surface area contributed by atoms with E-state index in [9.17, 15) is 36.0 Å². The lowest BCUT2D eigenvalue weighted by molar-refractivity contribution is 0.0863. The summed E-state index contributed by atoms with van der Waals surface area (Å²) in [7, 11) is -7.74. The molecule has 0 spiro atoms. The minimum absolute atomic E-state index is 0.0449. The topological polar surface area (TPSA) is 185 Å². The molecule has 0 bridgehead atoms. The maximum atomic E-state index is 12.8. The van der Waals surface area contributed by atoms with Crippen molar-refractivity contribution in [3.05, 3.63) is 129 Å². The second-order valence-corrected chi connectivity index (χ2v) is 14.0. The Morgan fingerprint density at radius 1 is 0.444 bits per heavy atom. The molecule has 6 rings (SSSR count). The van der Waals surface area contributed by atoms with E-state index in [2.05, 4.69) is 20.1 Å². The van der Waals surface area contributed by atoms with E-state index in [1.54, 1.807) is 36.4 Å². The zero-order valence-corrected chi connectivity index (χ0v) is 24.9. The first-order chi connectivity index (χ1) is 21.4. The molecular weight excluding hydrogens is 620 g/mol. The largest absolute Gasteiger partial charge is 0.288 e. The van der Waals surface area contributed by atoms with Crippen molar-refractivity contribution < 1.29 is 36.0 Å². The van der Waals surface area contributed by atoms with E-state index in [-0.39, 0.29) is 45.1 Å². The van der Waals surface area contributed by atoms with Crippen molar-refractivity contribution in [1.29, 1.82) is 0 Å². The van der Waals surface area contributed by atoms with Crippen molar-refractivity contribution in [3.63, 3.8) is 0 Å². The summed E-state index contributed by atoms with van der Waals surface area (Å²) in [6, 6.07) is 21.6. The van der Waals surface area contributed by atoms with Gasteiger partial charge in [-0.1, -0.05) is 36.4 Å². The second-order valence-electron chi connectivity index (χ2n) is 10.4. The van der Waals surface area contributed by atoms with Gasteiger partial charge < -0.3 is 0 Å². The lowest BCUT2D eigenvalue weighted by Crippen LogP contribution is -2.23. The highest BCUT2D eigenvalue weighted by Gasteiger charge is 2.28. The van der Waals surface area contributed by atoms with Crippen LogP contribution in [0.1, 0.15) is 63.7 Å². The summed E-state index contributed by atoms with van der Waals surface area (Å²) in [4.78, 5) is 47.3. The zero-order chi connectivity index (χ0) is 31.9. The third-order valence-corrected chi connectivity index (χ3v) is 10.2. The minimum Gasteiger partial charge on any atom is -0.288 e. The molecule has 228 valence electrons. The highest BCUT2D eigenvalue weighted by Crippen LogP contribution is 2.21. The molecule has 0 fully saturated rings. The summed E-state index contributed by atoms with van der Waals surface area (Å²) in [6.07, 6.45) is 0.424. The van der Waals surface area contributed by atoms with Gasteiger partial charge in [0.25, 0.3) is 23.6 Å². The first-order valence-electron chi connectivity index (χ1n) is 13.5.